The van der Waals surface area contributed by atoms with Crippen molar-refractivity contribution in [2.75, 3.05) is 43.4 Å². The number of alkyl halides is 3. The highest BCUT2D eigenvalue weighted by molar-refractivity contribution is 6.32. The zero-order valence-corrected chi connectivity index (χ0v) is 16.6. The molecule has 154 valence electrons. The molecule has 0 aromatic heterocycles. The summed E-state index contributed by atoms with van der Waals surface area (Å²) in [6.07, 6.45) is -2.01. The van der Waals surface area contributed by atoms with Gasteiger partial charge in [0.05, 0.1) is 16.9 Å². The molecule has 0 aliphatic carbocycles. The van der Waals surface area contributed by atoms with Gasteiger partial charge < -0.3 is 15.1 Å². The number of carbonyl (C=O) groups excluding carboxylic acids is 1. The summed E-state index contributed by atoms with van der Waals surface area (Å²) >= 11 is 5.97. The van der Waals surface area contributed by atoms with Gasteiger partial charge in [0.1, 0.15) is 0 Å². The number of nitrogens with one attached hydrogen (secondary N) is 1. The maximum absolute atomic E-state index is 12.9. The fourth-order valence-electron chi connectivity index (χ4n) is 3.09. The van der Waals surface area contributed by atoms with E-state index in [1.54, 1.807) is 6.07 Å². The van der Waals surface area contributed by atoms with E-state index in [0.717, 1.165) is 44.0 Å². The van der Waals surface area contributed by atoms with E-state index in [2.05, 4.69) is 22.2 Å². The lowest BCUT2D eigenvalue weighted by Crippen LogP contribution is -2.44. The van der Waals surface area contributed by atoms with Crippen LogP contribution >= 0.6 is 11.6 Å². The van der Waals surface area contributed by atoms with E-state index >= 15 is 0 Å². The van der Waals surface area contributed by atoms with Gasteiger partial charge in [-0.05, 0) is 49.0 Å². The average molecular weight is 424 g/mol. The largest absolute Gasteiger partial charge is 0.416 e. The molecule has 1 aliphatic heterocycles. The standard InChI is InChI=1S/C21H21ClF3N3O/c1-27-10-12-28(13-11-27)19-5-3-2-4-18(19)26-20(29)9-6-15-14-16(21(23,24)25)7-8-17(15)22/h2-9,14H,10-13H2,1H3,(H,26,29)/b9-6+. The second-order valence-electron chi connectivity index (χ2n) is 6.86. The van der Waals surface area contributed by atoms with Crippen LogP contribution in [0, 0.1) is 0 Å². The van der Waals surface area contributed by atoms with Crippen molar-refractivity contribution in [3.63, 3.8) is 0 Å². The number of benzene rings is 2. The molecule has 0 atom stereocenters. The lowest BCUT2D eigenvalue weighted by atomic mass is 10.1. The van der Waals surface area contributed by atoms with Gasteiger partial charge in [0.15, 0.2) is 0 Å². The first-order valence-corrected chi connectivity index (χ1v) is 9.50. The van der Waals surface area contributed by atoms with Crippen LogP contribution in [0.4, 0.5) is 24.5 Å². The number of nitrogens with zero attached hydrogens (tertiary/aromatic N) is 2. The number of amides is 1. The third-order valence-corrected chi connectivity index (χ3v) is 5.09. The molecule has 0 unspecified atom stereocenters. The van der Waals surface area contributed by atoms with Crippen LogP contribution in [0.25, 0.3) is 6.08 Å². The van der Waals surface area contributed by atoms with Crippen molar-refractivity contribution in [1.29, 1.82) is 0 Å². The van der Waals surface area contributed by atoms with Crippen LogP contribution in [0.1, 0.15) is 11.1 Å². The first-order valence-electron chi connectivity index (χ1n) is 9.12. The first kappa shape index (κ1) is 21.2. The van der Waals surface area contributed by atoms with Crippen LogP contribution in [0.3, 0.4) is 0 Å². The number of para-hydroxylation sites is 2. The van der Waals surface area contributed by atoms with Crippen LogP contribution < -0.4 is 10.2 Å². The van der Waals surface area contributed by atoms with Gasteiger partial charge in [-0.25, -0.2) is 0 Å². The number of piperazine rings is 1. The van der Waals surface area contributed by atoms with E-state index in [9.17, 15) is 18.0 Å². The summed E-state index contributed by atoms with van der Waals surface area (Å²) in [5.41, 5.74) is 0.882. The smallest absolute Gasteiger partial charge is 0.367 e. The molecule has 0 bridgehead atoms. The molecule has 1 heterocycles. The van der Waals surface area contributed by atoms with Gasteiger partial charge in [-0.2, -0.15) is 13.2 Å². The maximum atomic E-state index is 12.9. The Balaban J connectivity index is 1.74. The molecule has 1 saturated heterocycles. The van der Waals surface area contributed by atoms with Crippen molar-refractivity contribution in [2.45, 2.75) is 6.18 Å². The lowest BCUT2D eigenvalue weighted by molar-refractivity contribution is -0.137. The van der Waals surface area contributed by atoms with Gasteiger partial charge in [0, 0.05) is 37.3 Å². The number of carbonyl (C=O) groups is 1. The topological polar surface area (TPSA) is 35.6 Å². The summed E-state index contributed by atoms with van der Waals surface area (Å²) in [6, 6.07) is 10.5. The first-order chi connectivity index (χ1) is 13.7. The monoisotopic (exact) mass is 423 g/mol. The average Bonchev–Trinajstić information content (AvgIpc) is 2.67. The highest BCUT2D eigenvalue weighted by Gasteiger charge is 2.30. The molecule has 8 heteroatoms. The normalized spacial score (nSPS) is 15.7. The predicted molar refractivity (Wildman–Crippen MR) is 110 cm³/mol. The van der Waals surface area contributed by atoms with Gasteiger partial charge in [0.25, 0.3) is 0 Å². The van der Waals surface area contributed by atoms with Crippen LogP contribution in [0.15, 0.2) is 48.5 Å². The minimum absolute atomic E-state index is 0.129. The zero-order valence-electron chi connectivity index (χ0n) is 15.8. The van der Waals surface area contributed by atoms with Crippen LogP contribution in [-0.4, -0.2) is 44.0 Å². The van der Waals surface area contributed by atoms with Crippen molar-refractivity contribution in [3.8, 4) is 0 Å². The molecule has 3 rings (SSSR count). The molecule has 4 nitrogen and oxygen atoms in total. The van der Waals surface area contributed by atoms with Gasteiger partial charge in [-0.3, -0.25) is 4.79 Å². The number of rotatable bonds is 4. The van der Waals surface area contributed by atoms with Crippen molar-refractivity contribution >= 4 is 35.0 Å². The molecule has 0 radical (unpaired) electrons. The lowest BCUT2D eigenvalue weighted by Gasteiger charge is -2.35. The predicted octanol–water partition coefficient (Wildman–Crippen LogP) is 4.76. The summed E-state index contributed by atoms with van der Waals surface area (Å²) in [7, 11) is 2.06. The van der Waals surface area contributed by atoms with E-state index in [4.69, 9.17) is 11.6 Å². The second-order valence-corrected chi connectivity index (χ2v) is 7.27. The maximum Gasteiger partial charge on any atom is 0.416 e. The minimum atomic E-state index is -4.48. The molecule has 1 fully saturated rings. The summed E-state index contributed by atoms with van der Waals surface area (Å²) in [5, 5.41) is 2.95. The second kappa shape index (κ2) is 8.88. The zero-order chi connectivity index (χ0) is 21.0. The minimum Gasteiger partial charge on any atom is -0.367 e. The van der Waals surface area contributed by atoms with Gasteiger partial charge >= 0.3 is 6.18 Å². The number of hydrogen-bond acceptors (Lipinski definition) is 3. The summed E-state index contributed by atoms with van der Waals surface area (Å²) in [6.45, 7) is 3.55. The van der Waals surface area contributed by atoms with E-state index < -0.39 is 17.6 Å². The third-order valence-electron chi connectivity index (χ3n) is 4.74. The van der Waals surface area contributed by atoms with Gasteiger partial charge in [-0.1, -0.05) is 23.7 Å². The number of halogens is 4. The van der Waals surface area contributed by atoms with Gasteiger partial charge in [-0.15, -0.1) is 0 Å². The fourth-order valence-corrected chi connectivity index (χ4v) is 3.27. The molecular weight excluding hydrogens is 403 g/mol. The van der Waals surface area contributed by atoms with Crippen molar-refractivity contribution in [3.05, 3.63) is 64.7 Å². The Hall–Kier alpha value is -2.51. The fraction of sp³-hybridized carbons (Fsp3) is 0.286. The molecule has 1 aliphatic rings. The van der Waals surface area contributed by atoms with Crippen molar-refractivity contribution in [2.24, 2.45) is 0 Å². The highest BCUT2D eigenvalue weighted by Crippen LogP contribution is 2.32. The molecule has 29 heavy (non-hydrogen) atoms. The quantitative estimate of drug-likeness (QED) is 0.720. The molecule has 0 spiro atoms. The van der Waals surface area contributed by atoms with Crippen molar-refractivity contribution in [1.82, 2.24) is 4.90 Å². The molecule has 0 saturated carbocycles. The SMILES string of the molecule is CN1CCN(c2ccccc2NC(=O)/C=C/c2cc(C(F)(F)F)ccc2Cl)CC1. The third kappa shape index (κ3) is 5.52. The van der Waals surface area contributed by atoms with E-state index in [1.807, 2.05) is 18.2 Å². The van der Waals surface area contributed by atoms with Crippen LogP contribution in [0.2, 0.25) is 5.02 Å². The van der Waals surface area contributed by atoms with E-state index in [0.29, 0.717) is 5.69 Å². The number of likely N-dealkylation sites (N-methyl/N-ethyl adjacent to an activating group) is 1. The molecular formula is C21H21ClF3N3O. The van der Waals surface area contributed by atoms with Crippen molar-refractivity contribution < 1.29 is 18.0 Å². The molecule has 2 aromatic rings. The summed E-state index contributed by atoms with van der Waals surface area (Å²) in [4.78, 5) is 16.8. The Morgan fingerprint density at radius 1 is 1.10 bits per heavy atom. The van der Waals surface area contributed by atoms with Crippen LogP contribution in [-0.2, 0) is 11.0 Å². The Labute approximate surface area is 172 Å². The van der Waals surface area contributed by atoms with Crippen LogP contribution in [0.5, 0.6) is 0 Å². The Morgan fingerprint density at radius 3 is 2.48 bits per heavy atom. The summed E-state index contributed by atoms with van der Waals surface area (Å²) < 4.78 is 38.6. The Bertz CT molecular complexity index is 906. The Kier molecular flexibility index (Phi) is 6.49. The van der Waals surface area contributed by atoms with E-state index in [1.165, 1.54) is 18.2 Å². The Morgan fingerprint density at radius 2 is 1.79 bits per heavy atom. The molecule has 2 aromatic carbocycles. The molecule has 1 amide bonds. The number of anilines is 2. The summed E-state index contributed by atoms with van der Waals surface area (Å²) in [5.74, 6) is -0.444. The van der Waals surface area contributed by atoms with Gasteiger partial charge in [0.2, 0.25) is 5.91 Å². The molecule has 1 N–H and O–H groups in total. The highest BCUT2D eigenvalue weighted by atomic mass is 35.5. The number of hydrogen-bond donors (Lipinski definition) is 1. The van der Waals surface area contributed by atoms with E-state index in [-0.39, 0.29) is 10.6 Å².